The Hall–Kier alpha value is -1.30. The molecule has 1 aliphatic rings. The van der Waals surface area contributed by atoms with E-state index in [9.17, 15) is 0 Å². The van der Waals surface area contributed by atoms with E-state index in [4.69, 9.17) is 0 Å². The van der Waals surface area contributed by atoms with Gasteiger partial charge in [0.1, 0.15) is 0 Å². The molecule has 1 unspecified atom stereocenters. The van der Waals surface area contributed by atoms with Crippen LogP contribution in [0.1, 0.15) is 44.6 Å². The van der Waals surface area contributed by atoms with Gasteiger partial charge < -0.3 is 0 Å². The number of hydrogen-bond donors (Lipinski definition) is 0. The van der Waals surface area contributed by atoms with Gasteiger partial charge in [0.15, 0.2) is 0 Å². The monoisotopic (exact) mass is 226 g/mol. The molecular formula is C17H22. The van der Waals surface area contributed by atoms with Crippen LogP contribution in [0.2, 0.25) is 0 Å². The third kappa shape index (κ3) is 4.22. The second-order valence-electron chi connectivity index (χ2n) is 5.10. The largest absolute Gasteiger partial charge is 0.0850 e. The first-order chi connectivity index (χ1) is 8.34. The molecule has 0 amide bonds. The summed E-state index contributed by atoms with van der Waals surface area (Å²) >= 11 is 0. The average molecular weight is 226 g/mol. The number of benzene rings is 1. The van der Waals surface area contributed by atoms with E-state index in [0.29, 0.717) is 0 Å². The molecular weight excluding hydrogens is 204 g/mol. The molecule has 0 heterocycles. The number of allylic oxidation sites excluding steroid dienone is 3. The van der Waals surface area contributed by atoms with Gasteiger partial charge in [0, 0.05) is 0 Å². The van der Waals surface area contributed by atoms with Crippen molar-refractivity contribution in [2.75, 3.05) is 0 Å². The van der Waals surface area contributed by atoms with Crippen LogP contribution in [0.3, 0.4) is 0 Å². The maximum atomic E-state index is 2.46. The van der Waals surface area contributed by atoms with Crippen LogP contribution in [0.5, 0.6) is 0 Å². The van der Waals surface area contributed by atoms with Crippen molar-refractivity contribution in [3.05, 3.63) is 53.6 Å². The zero-order chi connectivity index (χ0) is 11.9. The molecule has 0 nitrogen and oxygen atoms in total. The maximum Gasteiger partial charge on any atom is -0.0260 e. The number of hydrogen-bond acceptors (Lipinski definition) is 0. The lowest BCUT2D eigenvalue weighted by Gasteiger charge is -1.96. The van der Waals surface area contributed by atoms with E-state index >= 15 is 0 Å². The Kier molecular flexibility index (Phi) is 4.61. The summed E-state index contributed by atoms with van der Waals surface area (Å²) in [5, 5.41) is 0. The fourth-order valence-corrected chi connectivity index (χ4v) is 2.44. The first-order valence-electron chi connectivity index (χ1n) is 6.74. The SMILES string of the molecule is CC1CCC(=CCCC=Cc2ccccc2)C1. The molecule has 0 heteroatoms. The van der Waals surface area contributed by atoms with Gasteiger partial charge >= 0.3 is 0 Å². The van der Waals surface area contributed by atoms with Crippen molar-refractivity contribution in [3.8, 4) is 0 Å². The minimum Gasteiger partial charge on any atom is -0.0850 e. The highest BCUT2D eigenvalue weighted by Gasteiger charge is 2.13. The molecule has 1 saturated carbocycles. The molecule has 0 radical (unpaired) electrons. The molecule has 0 bridgehead atoms. The Morgan fingerprint density at radius 1 is 1.18 bits per heavy atom. The molecule has 17 heavy (non-hydrogen) atoms. The Labute approximate surface area is 105 Å². The highest BCUT2D eigenvalue weighted by molar-refractivity contribution is 5.48. The van der Waals surface area contributed by atoms with Crippen molar-refractivity contribution in [2.24, 2.45) is 5.92 Å². The summed E-state index contributed by atoms with van der Waals surface area (Å²) in [4.78, 5) is 0. The smallest absolute Gasteiger partial charge is 0.0260 e. The third-order valence-corrected chi connectivity index (χ3v) is 3.45. The zero-order valence-electron chi connectivity index (χ0n) is 10.7. The minimum atomic E-state index is 0.918. The Morgan fingerprint density at radius 3 is 2.71 bits per heavy atom. The molecule has 0 saturated heterocycles. The van der Waals surface area contributed by atoms with E-state index in [1.807, 2.05) is 0 Å². The third-order valence-electron chi connectivity index (χ3n) is 3.45. The summed E-state index contributed by atoms with van der Waals surface area (Å²) < 4.78 is 0. The summed E-state index contributed by atoms with van der Waals surface area (Å²) in [5.41, 5.74) is 2.99. The van der Waals surface area contributed by atoms with E-state index < -0.39 is 0 Å². The lowest BCUT2D eigenvalue weighted by atomic mass is 10.1. The summed E-state index contributed by atoms with van der Waals surface area (Å²) in [6, 6.07) is 10.5. The normalized spacial score (nSPS) is 22.6. The number of rotatable bonds is 4. The lowest BCUT2D eigenvalue weighted by Crippen LogP contribution is -1.80. The summed E-state index contributed by atoms with van der Waals surface area (Å²) in [6.45, 7) is 2.36. The van der Waals surface area contributed by atoms with Gasteiger partial charge in [0.05, 0.1) is 0 Å². The van der Waals surface area contributed by atoms with E-state index in [-0.39, 0.29) is 0 Å². The van der Waals surface area contributed by atoms with E-state index in [1.54, 1.807) is 5.57 Å². The molecule has 2 rings (SSSR count). The summed E-state index contributed by atoms with van der Waals surface area (Å²) in [6.07, 6.45) is 13.4. The van der Waals surface area contributed by atoms with Gasteiger partial charge in [0.25, 0.3) is 0 Å². The fourth-order valence-electron chi connectivity index (χ4n) is 2.44. The maximum absolute atomic E-state index is 2.46. The van der Waals surface area contributed by atoms with Gasteiger partial charge in [-0.1, -0.05) is 61.1 Å². The minimum absolute atomic E-state index is 0.918. The summed E-state index contributed by atoms with van der Waals surface area (Å²) in [5.74, 6) is 0.918. The molecule has 1 fully saturated rings. The quantitative estimate of drug-likeness (QED) is 0.487. The zero-order valence-corrected chi connectivity index (χ0v) is 10.7. The van der Waals surface area contributed by atoms with E-state index in [0.717, 1.165) is 12.3 Å². The lowest BCUT2D eigenvalue weighted by molar-refractivity contribution is 0.620. The highest BCUT2D eigenvalue weighted by atomic mass is 14.2. The fraction of sp³-hybridized carbons (Fsp3) is 0.412. The van der Waals surface area contributed by atoms with Gasteiger partial charge in [-0.15, -0.1) is 0 Å². The van der Waals surface area contributed by atoms with Crippen LogP contribution in [0.15, 0.2) is 48.1 Å². The molecule has 1 aromatic rings. The summed E-state index contributed by atoms with van der Waals surface area (Å²) in [7, 11) is 0. The van der Waals surface area contributed by atoms with E-state index in [1.165, 1.54) is 31.2 Å². The van der Waals surface area contributed by atoms with Crippen LogP contribution in [0, 0.1) is 5.92 Å². The van der Waals surface area contributed by atoms with Gasteiger partial charge in [-0.25, -0.2) is 0 Å². The molecule has 0 aliphatic heterocycles. The van der Waals surface area contributed by atoms with Crippen molar-refractivity contribution in [1.29, 1.82) is 0 Å². The van der Waals surface area contributed by atoms with Gasteiger partial charge in [0.2, 0.25) is 0 Å². The highest BCUT2D eigenvalue weighted by Crippen LogP contribution is 2.29. The molecule has 1 aromatic carbocycles. The van der Waals surface area contributed by atoms with Crippen LogP contribution in [-0.4, -0.2) is 0 Å². The second-order valence-corrected chi connectivity index (χ2v) is 5.10. The van der Waals surface area contributed by atoms with Crippen LogP contribution < -0.4 is 0 Å². The van der Waals surface area contributed by atoms with Crippen LogP contribution in [0.25, 0.3) is 6.08 Å². The van der Waals surface area contributed by atoms with Gasteiger partial charge in [-0.05, 0) is 43.6 Å². The Morgan fingerprint density at radius 2 is 2.00 bits per heavy atom. The first kappa shape index (κ1) is 12.2. The van der Waals surface area contributed by atoms with E-state index in [2.05, 4.69) is 55.5 Å². The topological polar surface area (TPSA) is 0 Å². The Balaban J connectivity index is 1.71. The molecule has 0 spiro atoms. The second kappa shape index (κ2) is 6.44. The van der Waals surface area contributed by atoms with Crippen LogP contribution >= 0.6 is 0 Å². The predicted molar refractivity (Wildman–Crippen MR) is 75.8 cm³/mol. The standard InChI is InChI=1S/C17H22/c1-15-12-13-17(14-15)11-7-3-6-10-16-8-4-2-5-9-16/h2,4-6,8-11,15H,3,7,12-14H2,1H3. The van der Waals surface area contributed by atoms with Crippen molar-refractivity contribution in [3.63, 3.8) is 0 Å². The van der Waals surface area contributed by atoms with Crippen molar-refractivity contribution >= 4 is 6.08 Å². The van der Waals surface area contributed by atoms with Crippen molar-refractivity contribution < 1.29 is 0 Å². The Bertz CT molecular complexity index is 384. The molecule has 1 aliphatic carbocycles. The number of unbranched alkanes of at least 4 members (excludes halogenated alkanes) is 1. The van der Waals surface area contributed by atoms with Crippen LogP contribution in [0.4, 0.5) is 0 Å². The van der Waals surface area contributed by atoms with Crippen LogP contribution in [-0.2, 0) is 0 Å². The molecule has 1 atom stereocenters. The molecule has 90 valence electrons. The molecule has 0 aromatic heterocycles. The van der Waals surface area contributed by atoms with Gasteiger partial charge in [-0.3, -0.25) is 0 Å². The first-order valence-corrected chi connectivity index (χ1v) is 6.74. The van der Waals surface area contributed by atoms with Crippen molar-refractivity contribution in [2.45, 2.75) is 39.0 Å². The average Bonchev–Trinajstić information content (AvgIpc) is 2.76. The van der Waals surface area contributed by atoms with Crippen molar-refractivity contribution in [1.82, 2.24) is 0 Å². The molecule has 0 N–H and O–H groups in total. The predicted octanol–water partition coefficient (Wildman–Crippen LogP) is 5.23. The van der Waals surface area contributed by atoms with Gasteiger partial charge in [-0.2, -0.15) is 0 Å².